The molecule has 3 N–H and O–H groups in total. The van der Waals surface area contributed by atoms with Gasteiger partial charge in [-0.3, -0.25) is 14.4 Å². The minimum Gasteiger partial charge on any atom is -0.464 e. The summed E-state index contributed by atoms with van der Waals surface area (Å²) >= 11 is 1.37. The molecule has 156 valence electrons. The molecule has 1 aliphatic carbocycles. The van der Waals surface area contributed by atoms with Crippen molar-refractivity contribution in [2.75, 3.05) is 11.9 Å². The van der Waals surface area contributed by atoms with Crippen molar-refractivity contribution in [2.24, 2.45) is 5.73 Å². The van der Waals surface area contributed by atoms with Gasteiger partial charge in [-0.15, -0.1) is 11.3 Å². The number of carbonyl (C=O) groups is 3. The highest BCUT2D eigenvalue weighted by molar-refractivity contribution is 7.17. The van der Waals surface area contributed by atoms with Gasteiger partial charge in [-0.05, 0) is 49.8 Å². The van der Waals surface area contributed by atoms with Crippen molar-refractivity contribution in [3.05, 3.63) is 51.6 Å². The molecule has 0 fully saturated rings. The first-order chi connectivity index (χ1) is 14.4. The number of primary amides is 1. The van der Waals surface area contributed by atoms with Crippen LogP contribution < -0.4 is 11.1 Å². The van der Waals surface area contributed by atoms with E-state index >= 15 is 0 Å². The fourth-order valence-corrected chi connectivity index (χ4v) is 5.07. The number of thiophene rings is 1. The first kappa shape index (κ1) is 20.2. The van der Waals surface area contributed by atoms with Crippen LogP contribution in [0.25, 0.3) is 11.0 Å². The molecule has 0 radical (unpaired) electrons. The van der Waals surface area contributed by atoms with Crippen molar-refractivity contribution in [1.82, 2.24) is 0 Å². The fourth-order valence-electron chi connectivity index (χ4n) is 3.76. The van der Waals surface area contributed by atoms with Crippen molar-refractivity contribution in [2.45, 2.75) is 39.0 Å². The Hall–Kier alpha value is -3.13. The Morgan fingerprint density at radius 3 is 2.83 bits per heavy atom. The number of ether oxygens (including phenoxy) is 1. The van der Waals surface area contributed by atoms with E-state index in [1.165, 1.54) is 17.6 Å². The van der Waals surface area contributed by atoms with Gasteiger partial charge in [0.25, 0.3) is 11.8 Å². The van der Waals surface area contributed by atoms with E-state index < -0.39 is 24.4 Å². The molecule has 0 saturated heterocycles. The molecular weight excluding hydrogens is 404 g/mol. The third-order valence-corrected chi connectivity index (χ3v) is 6.39. The van der Waals surface area contributed by atoms with Crippen LogP contribution in [0.5, 0.6) is 0 Å². The lowest BCUT2D eigenvalue weighted by atomic mass is 9.95. The molecule has 0 spiro atoms. The van der Waals surface area contributed by atoms with Crippen molar-refractivity contribution in [3.63, 3.8) is 0 Å². The fraction of sp³-hybridized carbons (Fsp3) is 0.318. The molecule has 8 heteroatoms. The summed E-state index contributed by atoms with van der Waals surface area (Å²) in [4.78, 5) is 37.5. The van der Waals surface area contributed by atoms with Crippen LogP contribution in [0.3, 0.4) is 0 Å². The predicted molar refractivity (Wildman–Crippen MR) is 114 cm³/mol. The van der Waals surface area contributed by atoms with E-state index in [0.29, 0.717) is 21.7 Å². The van der Waals surface area contributed by atoms with Gasteiger partial charge >= 0.3 is 5.97 Å². The number of esters is 1. The molecule has 2 aromatic heterocycles. The van der Waals surface area contributed by atoms with Gasteiger partial charge in [0, 0.05) is 15.8 Å². The van der Waals surface area contributed by atoms with E-state index in [-0.39, 0.29) is 6.42 Å². The van der Waals surface area contributed by atoms with E-state index in [2.05, 4.69) is 5.32 Å². The second-order valence-corrected chi connectivity index (χ2v) is 8.53. The van der Waals surface area contributed by atoms with Gasteiger partial charge < -0.3 is 20.2 Å². The average molecular weight is 426 g/mol. The minimum atomic E-state index is -0.552. The van der Waals surface area contributed by atoms with Crippen LogP contribution >= 0.6 is 11.3 Å². The number of hydrogen-bond donors (Lipinski definition) is 2. The van der Waals surface area contributed by atoms with Crippen LogP contribution in [0.2, 0.25) is 0 Å². The maximum atomic E-state index is 12.3. The molecule has 1 aromatic carbocycles. The summed E-state index contributed by atoms with van der Waals surface area (Å²) in [6.07, 6.45) is 5.25. The zero-order valence-corrected chi connectivity index (χ0v) is 17.4. The van der Waals surface area contributed by atoms with E-state index in [0.717, 1.165) is 47.1 Å². The standard InChI is InChI=1S/C22H22N2O5S/c1-12-6-7-14-13(10-28-16(14)8-12)9-19(26)29-11-18(25)24-22-20(21(23)27)15-4-2-3-5-17(15)30-22/h6-8,10H,2-5,9,11H2,1H3,(H2,23,27)(H,24,25). The molecule has 30 heavy (non-hydrogen) atoms. The summed E-state index contributed by atoms with van der Waals surface area (Å²) in [6, 6.07) is 5.74. The molecule has 0 unspecified atom stereocenters. The van der Waals surface area contributed by atoms with E-state index in [1.807, 2.05) is 25.1 Å². The highest BCUT2D eigenvalue weighted by Gasteiger charge is 2.25. The summed E-state index contributed by atoms with van der Waals surface area (Å²) in [5.41, 5.74) is 9.33. The molecule has 0 aliphatic heterocycles. The predicted octanol–water partition coefficient (Wildman–Crippen LogP) is 3.50. The lowest BCUT2D eigenvalue weighted by Gasteiger charge is -2.11. The highest BCUT2D eigenvalue weighted by Crippen LogP contribution is 2.37. The number of benzene rings is 1. The Bertz CT molecular complexity index is 1140. The van der Waals surface area contributed by atoms with Crippen LogP contribution in [-0.4, -0.2) is 24.4 Å². The molecular formula is C22H22N2O5S. The first-order valence-corrected chi connectivity index (χ1v) is 10.6. The topological polar surface area (TPSA) is 112 Å². The summed E-state index contributed by atoms with van der Waals surface area (Å²) < 4.78 is 10.6. The third-order valence-electron chi connectivity index (χ3n) is 5.18. The quantitative estimate of drug-likeness (QED) is 0.586. The monoisotopic (exact) mass is 426 g/mol. The number of nitrogens with two attached hydrogens (primary N) is 1. The van der Waals surface area contributed by atoms with E-state index in [1.54, 1.807) is 0 Å². The number of fused-ring (bicyclic) bond motifs is 2. The molecule has 7 nitrogen and oxygen atoms in total. The van der Waals surface area contributed by atoms with Crippen molar-refractivity contribution >= 4 is 45.1 Å². The number of furan rings is 1. The number of anilines is 1. The second kappa shape index (κ2) is 8.31. The Labute approximate surface area is 177 Å². The minimum absolute atomic E-state index is 0.00315. The molecule has 3 aromatic rings. The second-order valence-electron chi connectivity index (χ2n) is 7.43. The zero-order chi connectivity index (χ0) is 21.3. The SMILES string of the molecule is Cc1ccc2c(CC(=O)OCC(=O)Nc3sc4c(c3C(N)=O)CCCC4)coc2c1. The van der Waals surface area contributed by atoms with E-state index in [4.69, 9.17) is 14.9 Å². The molecule has 2 amide bonds. The number of aryl methyl sites for hydroxylation is 2. The van der Waals surface area contributed by atoms with Crippen LogP contribution in [-0.2, 0) is 33.6 Å². The van der Waals surface area contributed by atoms with Gasteiger partial charge in [0.2, 0.25) is 0 Å². The summed E-state index contributed by atoms with van der Waals surface area (Å²) in [5.74, 6) is -1.59. The van der Waals surface area contributed by atoms with Crippen molar-refractivity contribution < 1.29 is 23.5 Å². The smallest absolute Gasteiger partial charge is 0.310 e. The first-order valence-electron chi connectivity index (χ1n) is 9.79. The molecule has 0 atom stereocenters. The number of carbonyl (C=O) groups excluding carboxylic acids is 3. The number of rotatable bonds is 6. The van der Waals surface area contributed by atoms with Gasteiger partial charge in [-0.25, -0.2) is 0 Å². The lowest BCUT2D eigenvalue weighted by Crippen LogP contribution is -2.23. The van der Waals surface area contributed by atoms with Crippen LogP contribution in [0, 0.1) is 6.92 Å². The Balaban J connectivity index is 1.37. The highest BCUT2D eigenvalue weighted by atomic mass is 32.1. The van der Waals surface area contributed by atoms with Gasteiger partial charge in [0.1, 0.15) is 10.6 Å². The Kier molecular flexibility index (Phi) is 5.59. The van der Waals surface area contributed by atoms with E-state index in [9.17, 15) is 14.4 Å². The summed E-state index contributed by atoms with van der Waals surface area (Å²) in [5, 5.41) is 3.96. The van der Waals surface area contributed by atoms with Crippen LogP contribution in [0.15, 0.2) is 28.9 Å². The maximum Gasteiger partial charge on any atom is 0.310 e. The maximum absolute atomic E-state index is 12.3. The Morgan fingerprint density at radius 2 is 2.03 bits per heavy atom. The zero-order valence-electron chi connectivity index (χ0n) is 16.6. The summed E-state index contributed by atoms with van der Waals surface area (Å²) in [7, 11) is 0. The Morgan fingerprint density at radius 1 is 1.23 bits per heavy atom. The van der Waals surface area contributed by atoms with Gasteiger partial charge in [-0.1, -0.05) is 12.1 Å². The van der Waals surface area contributed by atoms with Crippen LogP contribution in [0.1, 0.15) is 44.8 Å². The number of hydrogen-bond acceptors (Lipinski definition) is 6. The molecule has 0 bridgehead atoms. The normalized spacial score (nSPS) is 13.1. The molecule has 0 saturated carbocycles. The summed E-state index contributed by atoms with van der Waals surface area (Å²) in [6.45, 7) is 1.52. The van der Waals surface area contributed by atoms with Gasteiger partial charge in [0.15, 0.2) is 6.61 Å². The largest absolute Gasteiger partial charge is 0.464 e. The lowest BCUT2D eigenvalue weighted by molar-refractivity contribution is -0.146. The number of nitrogens with one attached hydrogen (secondary N) is 1. The van der Waals surface area contributed by atoms with Crippen molar-refractivity contribution in [1.29, 1.82) is 0 Å². The van der Waals surface area contributed by atoms with Crippen molar-refractivity contribution in [3.8, 4) is 0 Å². The third kappa shape index (κ3) is 4.09. The average Bonchev–Trinajstić information content (AvgIpc) is 3.26. The van der Waals surface area contributed by atoms with Gasteiger partial charge in [-0.2, -0.15) is 0 Å². The number of amides is 2. The molecule has 1 aliphatic rings. The van der Waals surface area contributed by atoms with Crippen LogP contribution in [0.4, 0.5) is 5.00 Å². The molecule has 4 rings (SSSR count). The molecule has 2 heterocycles. The van der Waals surface area contributed by atoms with Gasteiger partial charge in [0.05, 0.1) is 18.2 Å².